The number of aliphatic hydroxyl groups excluding tert-OH is 1. The number of carbonyl (C=O) groups excluding carboxylic acids is 1. The molecule has 6 heteroatoms. The maximum Gasteiger partial charge on any atom is 0.471 e. The van der Waals surface area contributed by atoms with E-state index in [9.17, 15) is 18.0 Å². The molecule has 17 heavy (non-hydrogen) atoms. The van der Waals surface area contributed by atoms with E-state index in [-0.39, 0.29) is 13.2 Å². The Labute approximate surface area is 99.4 Å². The summed E-state index contributed by atoms with van der Waals surface area (Å²) in [4.78, 5) is 10.4. The van der Waals surface area contributed by atoms with E-state index in [0.717, 1.165) is 38.5 Å². The Kier molecular flexibility index (Phi) is 8.85. The van der Waals surface area contributed by atoms with Crippen molar-refractivity contribution < 1.29 is 23.1 Å². The normalized spacial score (nSPS) is 11.5. The molecule has 0 aliphatic carbocycles. The van der Waals surface area contributed by atoms with Crippen molar-refractivity contribution in [2.24, 2.45) is 0 Å². The van der Waals surface area contributed by atoms with Gasteiger partial charge in [-0.05, 0) is 12.8 Å². The molecule has 0 fully saturated rings. The van der Waals surface area contributed by atoms with Crippen LogP contribution < -0.4 is 5.32 Å². The minimum Gasteiger partial charge on any atom is -0.396 e. The first kappa shape index (κ1) is 16.2. The van der Waals surface area contributed by atoms with E-state index in [1.807, 2.05) is 5.32 Å². The number of hydrogen-bond acceptors (Lipinski definition) is 2. The van der Waals surface area contributed by atoms with Crippen molar-refractivity contribution in [1.29, 1.82) is 0 Å². The number of aliphatic hydroxyl groups is 1. The molecule has 0 radical (unpaired) electrons. The smallest absolute Gasteiger partial charge is 0.396 e. The number of halogens is 3. The summed E-state index contributed by atoms with van der Waals surface area (Å²) in [5.41, 5.74) is 0. The molecule has 0 heterocycles. The lowest BCUT2D eigenvalue weighted by Crippen LogP contribution is -2.37. The number of rotatable bonds is 9. The minimum absolute atomic E-state index is 0.0784. The highest BCUT2D eigenvalue weighted by atomic mass is 19.4. The van der Waals surface area contributed by atoms with Gasteiger partial charge in [0.15, 0.2) is 0 Å². The highest BCUT2D eigenvalue weighted by Crippen LogP contribution is 2.14. The third-order valence-corrected chi connectivity index (χ3v) is 2.38. The van der Waals surface area contributed by atoms with Gasteiger partial charge in [0.05, 0.1) is 0 Å². The third-order valence-electron chi connectivity index (χ3n) is 2.38. The van der Waals surface area contributed by atoms with Crippen LogP contribution in [-0.2, 0) is 4.79 Å². The monoisotopic (exact) mass is 255 g/mol. The van der Waals surface area contributed by atoms with E-state index >= 15 is 0 Å². The van der Waals surface area contributed by atoms with Gasteiger partial charge in [-0.2, -0.15) is 13.2 Å². The fourth-order valence-corrected chi connectivity index (χ4v) is 1.42. The van der Waals surface area contributed by atoms with Crippen molar-refractivity contribution in [1.82, 2.24) is 5.32 Å². The second-order valence-electron chi connectivity index (χ2n) is 3.95. The van der Waals surface area contributed by atoms with Gasteiger partial charge < -0.3 is 10.4 Å². The summed E-state index contributed by atoms with van der Waals surface area (Å²) >= 11 is 0. The van der Waals surface area contributed by atoms with Gasteiger partial charge in [0.1, 0.15) is 0 Å². The first-order valence-corrected chi connectivity index (χ1v) is 5.94. The van der Waals surface area contributed by atoms with Crippen molar-refractivity contribution in [3.63, 3.8) is 0 Å². The van der Waals surface area contributed by atoms with Crippen LogP contribution in [0, 0.1) is 0 Å². The Morgan fingerprint density at radius 2 is 1.41 bits per heavy atom. The molecule has 1 amide bonds. The Bertz CT molecular complexity index is 207. The van der Waals surface area contributed by atoms with Gasteiger partial charge >= 0.3 is 12.1 Å². The quantitative estimate of drug-likeness (QED) is 0.621. The Hall–Kier alpha value is -0.780. The molecule has 0 saturated heterocycles. The van der Waals surface area contributed by atoms with Gasteiger partial charge in [-0.1, -0.05) is 32.1 Å². The van der Waals surface area contributed by atoms with E-state index in [4.69, 9.17) is 5.11 Å². The molecule has 102 valence electrons. The van der Waals surface area contributed by atoms with Crippen LogP contribution >= 0.6 is 0 Å². The van der Waals surface area contributed by atoms with Crippen molar-refractivity contribution in [2.75, 3.05) is 13.2 Å². The zero-order valence-corrected chi connectivity index (χ0v) is 9.85. The van der Waals surface area contributed by atoms with Crippen LogP contribution in [0.3, 0.4) is 0 Å². The van der Waals surface area contributed by atoms with Crippen molar-refractivity contribution in [2.45, 2.75) is 51.1 Å². The topological polar surface area (TPSA) is 49.3 Å². The number of unbranched alkanes of at least 4 members (excludes halogenated alkanes) is 6. The van der Waals surface area contributed by atoms with Gasteiger partial charge in [-0.15, -0.1) is 0 Å². The maximum absolute atomic E-state index is 11.8. The molecule has 3 nitrogen and oxygen atoms in total. The lowest BCUT2D eigenvalue weighted by Gasteiger charge is -2.07. The summed E-state index contributed by atoms with van der Waals surface area (Å²) in [5, 5.41) is 10.4. The molecule has 2 N–H and O–H groups in total. The molecule has 0 saturated carbocycles. The average molecular weight is 255 g/mol. The second-order valence-corrected chi connectivity index (χ2v) is 3.95. The summed E-state index contributed by atoms with van der Waals surface area (Å²) in [6.07, 6.45) is 1.42. The van der Waals surface area contributed by atoms with Crippen LogP contribution in [0.2, 0.25) is 0 Å². The Morgan fingerprint density at radius 3 is 1.88 bits per heavy atom. The summed E-state index contributed by atoms with van der Waals surface area (Å²) in [6, 6.07) is 0. The lowest BCUT2D eigenvalue weighted by atomic mass is 10.1. The average Bonchev–Trinajstić information content (AvgIpc) is 2.25. The molecule has 0 atom stereocenters. The summed E-state index contributed by atoms with van der Waals surface area (Å²) < 4.78 is 35.3. The van der Waals surface area contributed by atoms with Gasteiger partial charge in [0.25, 0.3) is 0 Å². The molecule has 0 aliphatic rings. The van der Waals surface area contributed by atoms with Crippen LogP contribution in [0.5, 0.6) is 0 Å². The highest BCUT2D eigenvalue weighted by Gasteiger charge is 2.38. The van der Waals surface area contributed by atoms with Gasteiger partial charge in [0, 0.05) is 13.2 Å². The SMILES string of the molecule is O=C(NCCCCCCCCCO)C(F)(F)F. The van der Waals surface area contributed by atoms with Crippen LogP contribution in [0.4, 0.5) is 13.2 Å². The largest absolute Gasteiger partial charge is 0.471 e. The molecule has 0 aromatic rings. The van der Waals surface area contributed by atoms with Gasteiger partial charge in [0.2, 0.25) is 0 Å². The molecular weight excluding hydrogens is 235 g/mol. The number of amides is 1. The molecule has 0 aromatic carbocycles. The third kappa shape index (κ3) is 10.1. The molecule has 0 aliphatic heterocycles. The van der Waals surface area contributed by atoms with Gasteiger partial charge in [-0.25, -0.2) is 0 Å². The van der Waals surface area contributed by atoms with Crippen LogP contribution in [0.15, 0.2) is 0 Å². The fourth-order valence-electron chi connectivity index (χ4n) is 1.42. The van der Waals surface area contributed by atoms with Crippen molar-refractivity contribution >= 4 is 5.91 Å². The zero-order valence-electron chi connectivity index (χ0n) is 9.85. The minimum atomic E-state index is -4.77. The second kappa shape index (κ2) is 9.27. The Balaban J connectivity index is 3.22. The lowest BCUT2D eigenvalue weighted by molar-refractivity contribution is -0.173. The van der Waals surface area contributed by atoms with E-state index in [1.165, 1.54) is 0 Å². The number of nitrogens with one attached hydrogen (secondary N) is 1. The van der Waals surface area contributed by atoms with Crippen molar-refractivity contribution in [3.05, 3.63) is 0 Å². The fraction of sp³-hybridized carbons (Fsp3) is 0.909. The molecule has 0 unspecified atom stereocenters. The highest BCUT2D eigenvalue weighted by molar-refractivity contribution is 5.81. The number of hydrogen-bond donors (Lipinski definition) is 2. The van der Waals surface area contributed by atoms with Crippen molar-refractivity contribution in [3.8, 4) is 0 Å². The summed E-state index contributed by atoms with van der Waals surface area (Å²) in [6.45, 7) is 0.290. The van der Waals surface area contributed by atoms with E-state index in [1.54, 1.807) is 0 Å². The molecule has 0 spiro atoms. The van der Waals surface area contributed by atoms with E-state index < -0.39 is 12.1 Å². The first-order chi connectivity index (χ1) is 7.98. The molecule has 0 rings (SSSR count). The van der Waals surface area contributed by atoms with E-state index in [2.05, 4.69) is 0 Å². The van der Waals surface area contributed by atoms with Crippen LogP contribution in [0.1, 0.15) is 44.9 Å². The maximum atomic E-state index is 11.8. The van der Waals surface area contributed by atoms with Crippen LogP contribution in [0.25, 0.3) is 0 Å². The summed E-state index contributed by atoms with van der Waals surface area (Å²) in [5.74, 6) is -1.86. The number of alkyl halides is 3. The summed E-state index contributed by atoms with van der Waals surface area (Å²) in [7, 11) is 0. The Morgan fingerprint density at radius 1 is 0.941 bits per heavy atom. The van der Waals surface area contributed by atoms with E-state index in [0.29, 0.717) is 6.42 Å². The van der Waals surface area contributed by atoms with Crippen LogP contribution in [-0.4, -0.2) is 30.3 Å². The molecular formula is C11H20F3NO2. The standard InChI is InChI=1S/C11H20F3NO2/c12-11(13,14)10(17)15-8-6-4-2-1-3-5-7-9-16/h16H,1-9H2,(H,15,17). The predicted octanol–water partition coefficient (Wildman–Crippen LogP) is 2.39. The molecule has 0 bridgehead atoms. The predicted molar refractivity (Wildman–Crippen MR) is 58.5 cm³/mol. The zero-order chi connectivity index (χ0) is 13.1. The molecule has 0 aromatic heterocycles. The first-order valence-electron chi connectivity index (χ1n) is 5.94. The van der Waals surface area contributed by atoms with Gasteiger partial charge in [-0.3, -0.25) is 4.79 Å². The number of carbonyl (C=O) groups is 1.